The number of nitrogens with zero attached hydrogens (tertiary/aromatic N) is 2. The maximum atomic E-state index is 13.5. The summed E-state index contributed by atoms with van der Waals surface area (Å²) in [5.74, 6) is 1.47. The van der Waals surface area contributed by atoms with Crippen LogP contribution in [0.1, 0.15) is 66.7 Å². The quantitative estimate of drug-likeness (QED) is 0.402. The van der Waals surface area contributed by atoms with Gasteiger partial charge in [-0.1, -0.05) is 39.3 Å². The van der Waals surface area contributed by atoms with Crippen molar-refractivity contribution in [3.8, 4) is 0 Å². The van der Waals surface area contributed by atoms with Crippen LogP contribution in [0.25, 0.3) is 0 Å². The zero-order valence-corrected chi connectivity index (χ0v) is 22.2. The third kappa shape index (κ3) is 10.8. The number of carbonyl (C=O) groups is 1. The van der Waals surface area contributed by atoms with Crippen LogP contribution in [0.15, 0.2) is 59.0 Å². The second kappa shape index (κ2) is 17.9. The van der Waals surface area contributed by atoms with Gasteiger partial charge in [0.25, 0.3) is 0 Å². The highest BCUT2D eigenvalue weighted by Gasteiger charge is 2.33. The van der Waals surface area contributed by atoms with Gasteiger partial charge < -0.3 is 9.80 Å². The number of carbonyl (C=O) groups excluding carboxylic acids is 1. The minimum absolute atomic E-state index is 0.157. The SMILES string of the molecule is C=CC.CC.CCC1CN(C(=O)CC2=CSCCC2)C2=C1CC=C(F)C=C2.CCN(C)C. The van der Waals surface area contributed by atoms with Crippen molar-refractivity contribution in [2.24, 2.45) is 5.92 Å². The minimum Gasteiger partial charge on any atom is -0.312 e. The monoisotopic (exact) mass is 464 g/mol. The van der Waals surface area contributed by atoms with Crippen LogP contribution in [0.2, 0.25) is 0 Å². The Kier molecular flexibility index (Phi) is 17.0. The molecule has 182 valence electrons. The number of hydrogen-bond acceptors (Lipinski definition) is 3. The molecule has 0 bridgehead atoms. The van der Waals surface area contributed by atoms with Crippen LogP contribution in [0.3, 0.4) is 0 Å². The van der Waals surface area contributed by atoms with Gasteiger partial charge in [-0.2, -0.15) is 0 Å². The van der Waals surface area contributed by atoms with Crippen molar-refractivity contribution in [2.45, 2.75) is 66.7 Å². The van der Waals surface area contributed by atoms with Gasteiger partial charge >= 0.3 is 0 Å². The van der Waals surface area contributed by atoms with Crippen molar-refractivity contribution >= 4 is 17.7 Å². The third-order valence-corrected chi connectivity index (χ3v) is 6.27. The highest BCUT2D eigenvalue weighted by Crippen LogP contribution is 2.37. The third-order valence-electron chi connectivity index (χ3n) is 5.25. The van der Waals surface area contributed by atoms with Gasteiger partial charge in [-0.3, -0.25) is 4.79 Å². The molecule has 1 aliphatic carbocycles. The lowest BCUT2D eigenvalue weighted by molar-refractivity contribution is -0.128. The van der Waals surface area contributed by atoms with E-state index in [4.69, 9.17) is 0 Å². The van der Waals surface area contributed by atoms with E-state index in [9.17, 15) is 9.18 Å². The first-order valence-corrected chi connectivity index (χ1v) is 13.0. The van der Waals surface area contributed by atoms with Crippen LogP contribution in [0.4, 0.5) is 4.39 Å². The molecule has 0 saturated heterocycles. The van der Waals surface area contributed by atoms with Crippen molar-refractivity contribution < 1.29 is 9.18 Å². The molecule has 3 aliphatic rings. The second-order valence-electron chi connectivity index (χ2n) is 7.88. The lowest BCUT2D eigenvalue weighted by Gasteiger charge is -2.21. The van der Waals surface area contributed by atoms with Crippen LogP contribution in [-0.4, -0.2) is 48.6 Å². The van der Waals surface area contributed by atoms with Gasteiger partial charge in [0.2, 0.25) is 5.91 Å². The molecule has 2 aliphatic heterocycles. The van der Waals surface area contributed by atoms with Gasteiger partial charge in [0.1, 0.15) is 5.83 Å². The van der Waals surface area contributed by atoms with Crippen LogP contribution in [0, 0.1) is 5.92 Å². The molecule has 0 aromatic carbocycles. The molecule has 0 spiro atoms. The molecule has 2 heterocycles. The molecule has 5 heteroatoms. The molecule has 3 rings (SSSR count). The van der Waals surface area contributed by atoms with Gasteiger partial charge in [0.05, 0.1) is 0 Å². The summed E-state index contributed by atoms with van der Waals surface area (Å²) in [6.07, 6.45) is 10.9. The summed E-state index contributed by atoms with van der Waals surface area (Å²) in [7, 11) is 4.11. The van der Waals surface area contributed by atoms with Gasteiger partial charge in [0, 0.05) is 24.6 Å². The molecule has 32 heavy (non-hydrogen) atoms. The zero-order chi connectivity index (χ0) is 24.5. The van der Waals surface area contributed by atoms with E-state index in [-0.39, 0.29) is 11.7 Å². The summed E-state index contributed by atoms with van der Waals surface area (Å²) >= 11 is 1.80. The maximum absolute atomic E-state index is 13.5. The fourth-order valence-electron chi connectivity index (χ4n) is 3.36. The molecular formula is C27H45FN2OS. The van der Waals surface area contributed by atoms with Crippen molar-refractivity contribution in [1.82, 2.24) is 9.80 Å². The lowest BCUT2D eigenvalue weighted by Crippen LogP contribution is -2.29. The fraction of sp³-hybridized carbons (Fsp3) is 0.593. The van der Waals surface area contributed by atoms with Crippen LogP contribution in [0.5, 0.6) is 0 Å². The smallest absolute Gasteiger partial charge is 0.231 e. The summed E-state index contributed by atoms with van der Waals surface area (Å²) < 4.78 is 13.5. The summed E-state index contributed by atoms with van der Waals surface area (Å²) in [5, 5.41) is 2.15. The summed E-state index contributed by atoms with van der Waals surface area (Å²) in [6.45, 7) is 15.4. The van der Waals surface area contributed by atoms with E-state index in [1.807, 2.05) is 25.7 Å². The summed E-state index contributed by atoms with van der Waals surface area (Å²) in [5.41, 5.74) is 3.39. The highest BCUT2D eigenvalue weighted by atomic mass is 32.2. The molecule has 0 aromatic heterocycles. The number of rotatable bonds is 4. The first kappa shape index (κ1) is 30.4. The summed E-state index contributed by atoms with van der Waals surface area (Å²) in [6, 6.07) is 0. The summed E-state index contributed by atoms with van der Waals surface area (Å²) in [4.78, 5) is 16.7. The average molecular weight is 465 g/mol. The number of hydrogen-bond donors (Lipinski definition) is 0. The van der Waals surface area contributed by atoms with Gasteiger partial charge in [-0.15, -0.1) is 18.3 Å². The molecule has 3 nitrogen and oxygen atoms in total. The standard InChI is InChI=1S/C18H22FNOS.C4H11N.C3H6.C2H6/c1-2-14-11-20(17-8-6-15(19)5-7-16(14)17)18(21)10-13-4-3-9-22-12-13;1-4-5(2)3;1-3-2;1-2/h5-6,8,12,14H,2-4,7,9-11H2,1H3;4H2,1-3H3;3H,1H2,2H3;1-2H3. The predicted octanol–water partition coefficient (Wildman–Crippen LogP) is 7.51. The number of allylic oxidation sites excluding steroid dienone is 5. The van der Waals surface area contributed by atoms with Crippen LogP contribution < -0.4 is 0 Å². The lowest BCUT2D eigenvalue weighted by atomic mass is 9.95. The zero-order valence-electron chi connectivity index (χ0n) is 21.4. The van der Waals surface area contributed by atoms with E-state index in [0.29, 0.717) is 18.8 Å². The van der Waals surface area contributed by atoms with Crippen molar-refractivity contribution in [3.05, 3.63) is 59.0 Å². The van der Waals surface area contributed by atoms with Gasteiger partial charge in [0.15, 0.2) is 0 Å². The van der Waals surface area contributed by atoms with Crippen molar-refractivity contribution in [1.29, 1.82) is 0 Å². The highest BCUT2D eigenvalue weighted by molar-refractivity contribution is 8.02. The molecular weight excluding hydrogens is 419 g/mol. The topological polar surface area (TPSA) is 23.6 Å². The Balaban J connectivity index is 0.000000822. The molecule has 1 atom stereocenters. The van der Waals surface area contributed by atoms with Crippen LogP contribution in [-0.2, 0) is 4.79 Å². The van der Waals surface area contributed by atoms with E-state index in [1.165, 1.54) is 17.2 Å². The first-order chi connectivity index (χ1) is 15.4. The van der Waals surface area contributed by atoms with Gasteiger partial charge in [-0.25, -0.2) is 4.39 Å². The Hall–Kier alpha value is -1.59. The normalized spacial score (nSPS) is 19.2. The molecule has 0 fully saturated rings. The van der Waals surface area contributed by atoms with E-state index >= 15 is 0 Å². The Morgan fingerprint density at radius 2 is 1.94 bits per heavy atom. The Morgan fingerprint density at radius 3 is 2.44 bits per heavy atom. The van der Waals surface area contributed by atoms with Crippen molar-refractivity contribution in [2.75, 3.05) is 32.9 Å². The number of amides is 1. The minimum atomic E-state index is -0.206. The molecule has 1 amide bonds. The largest absolute Gasteiger partial charge is 0.312 e. The molecule has 0 radical (unpaired) electrons. The van der Waals surface area contributed by atoms with Gasteiger partial charge in [-0.05, 0) is 88.2 Å². The molecule has 0 N–H and O–H groups in total. The van der Waals surface area contributed by atoms with E-state index in [2.05, 4.69) is 44.8 Å². The molecule has 1 unspecified atom stereocenters. The van der Waals surface area contributed by atoms with Crippen molar-refractivity contribution in [3.63, 3.8) is 0 Å². The predicted molar refractivity (Wildman–Crippen MR) is 141 cm³/mol. The number of thioether (sulfide) groups is 1. The maximum Gasteiger partial charge on any atom is 0.231 e. The molecule has 0 aromatic rings. The first-order valence-electron chi connectivity index (χ1n) is 12.0. The Bertz CT molecular complexity index is 692. The van der Waals surface area contributed by atoms with E-state index < -0.39 is 0 Å². The average Bonchev–Trinajstić information content (AvgIpc) is 3.05. The Labute approximate surface area is 201 Å². The molecule has 0 saturated carbocycles. The van der Waals surface area contributed by atoms with Crippen LogP contribution >= 0.6 is 11.8 Å². The second-order valence-corrected chi connectivity index (χ2v) is 8.86. The Morgan fingerprint density at radius 1 is 1.31 bits per heavy atom. The number of halogens is 1. The fourth-order valence-corrected chi connectivity index (χ4v) is 4.23. The van der Waals surface area contributed by atoms with E-state index in [0.717, 1.165) is 43.8 Å². The van der Waals surface area contributed by atoms with E-state index in [1.54, 1.807) is 30.0 Å².